The van der Waals surface area contributed by atoms with Crippen molar-refractivity contribution in [2.45, 2.75) is 19.5 Å². The lowest BCUT2D eigenvalue weighted by Gasteiger charge is -2.17. The van der Waals surface area contributed by atoms with Gasteiger partial charge in [0.15, 0.2) is 11.5 Å². The van der Waals surface area contributed by atoms with Gasteiger partial charge in [0.25, 0.3) is 0 Å². The summed E-state index contributed by atoms with van der Waals surface area (Å²) in [4.78, 5) is 0. The Bertz CT molecular complexity index is 584. The molecule has 0 bridgehead atoms. The number of rotatable bonds is 5. The number of hydrogen-bond donors (Lipinski definition) is 3. The minimum absolute atomic E-state index is 0.103. The topological polar surface area (TPSA) is 61.7 Å². The molecule has 1 atom stereocenters. The molecule has 106 valence electrons. The molecule has 0 aliphatic rings. The number of hydrogen-bond acceptors (Lipinski definition) is 4. The van der Waals surface area contributed by atoms with Gasteiger partial charge < -0.3 is 20.3 Å². The summed E-state index contributed by atoms with van der Waals surface area (Å²) in [5.74, 6) is 0.641. The molecule has 0 spiro atoms. The smallest absolute Gasteiger partial charge is 0.157 e. The van der Waals surface area contributed by atoms with E-state index in [2.05, 4.69) is 12.2 Å². The lowest BCUT2D eigenvalue weighted by atomic mass is 10.1. The van der Waals surface area contributed by atoms with E-state index in [0.717, 1.165) is 16.9 Å². The van der Waals surface area contributed by atoms with Gasteiger partial charge >= 0.3 is 0 Å². The number of phenolic OH excluding ortho intramolecular Hbond substituents is 2. The van der Waals surface area contributed by atoms with E-state index in [4.69, 9.17) is 4.74 Å². The minimum atomic E-state index is -0.105. The highest BCUT2D eigenvalue weighted by molar-refractivity contribution is 5.40. The summed E-state index contributed by atoms with van der Waals surface area (Å²) in [6.45, 7) is 2.64. The van der Waals surface area contributed by atoms with Gasteiger partial charge in [-0.25, -0.2) is 0 Å². The highest BCUT2D eigenvalue weighted by Gasteiger charge is 2.10. The average molecular weight is 273 g/mol. The molecule has 0 heterocycles. The molecular weight excluding hydrogens is 254 g/mol. The Kier molecular flexibility index (Phi) is 4.48. The van der Waals surface area contributed by atoms with Gasteiger partial charge in [0, 0.05) is 18.2 Å². The Hall–Kier alpha value is -2.20. The van der Waals surface area contributed by atoms with Crippen LogP contribution in [0.15, 0.2) is 42.5 Å². The minimum Gasteiger partial charge on any atom is -0.504 e. The lowest BCUT2D eigenvalue weighted by molar-refractivity contribution is 0.399. The van der Waals surface area contributed by atoms with E-state index in [9.17, 15) is 10.2 Å². The van der Waals surface area contributed by atoms with Gasteiger partial charge in [-0.05, 0) is 30.7 Å². The van der Waals surface area contributed by atoms with Crippen LogP contribution in [0.3, 0.4) is 0 Å². The van der Waals surface area contributed by atoms with E-state index in [1.807, 2.05) is 24.3 Å². The fraction of sp³-hybridized carbons (Fsp3) is 0.250. The van der Waals surface area contributed by atoms with Gasteiger partial charge in [-0.15, -0.1) is 0 Å². The van der Waals surface area contributed by atoms with Gasteiger partial charge in [-0.3, -0.25) is 0 Å². The summed E-state index contributed by atoms with van der Waals surface area (Å²) >= 11 is 0. The van der Waals surface area contributed by atoms with Crippen molar-refractivity contribution in [2.24, 2.45) is 0 Å². The molecule has 0 radical (unpaired) electrons. The summed E-state index contributed by atoms with van der Waals surface area (Å²) in [6.07, 6.45) is 0. The Balaban J connectivity index is 2.04. The first-order chi connectivity index (χ1) is 9.61. The lowest BCUT2D eigenvalue weighted by Crippen LogP contribution is -2.18. The number of nitrogens with one attached hydrogen (secondary N) is 1. The van der Waals surface area contributed by atoms with Crippen LogP contribution in [0.1, 0.15) is 24.1 Å². The second-order valence-electron chi connectivity index (χ2n) is 4.67. The maximum Gasteiger partial charge on any atom is 0.157 e. The van der Waals surface area contributed by atoms with Crippen LogP contribution in [0.4, 0.5) is 0 Å². The summed E-state index contributed by atoms with van der Waals surface area (Å²) in [5.41, 5.74) is 1.99. The third-order valence-corrected chi connectivity index (χ3v) is 3.26. The molecule has 4 heteroatoms. The fourth-order valence-corrected chi connectivity index (χ4v) is 2.08. The van der Waals surface area contributed by atoms with Crippen molar-refractivity contribution in [1.82, 2.24) is 5.32 Å². The van der Waals surface area contributed by atoms with E-state index < -0.39 is 0 Å². The van der Waals surface area contributed by atoms with Crippen LogP contribution < -0.4 is 10.1 Å². The molecule has 3 N–H and O–H groups in total. The summed E-state index contributed by atoms with van der Waals surface area (Å²) < 4.78 is 5.34. The van der Waals surface area contributed by atoms with Crippen LogP contribution in [0.5, 0.6) is 17.2 Å². The molecule has 0 amide bonds. The number of ether oxygens (including phenoxy) is 1. The zero-order valence-corrected chi connectivity index (χ0v) is 11.6. The Morgan fingerprint density at radius 1 is 1.10 bits per heavy atom. The standard InChI is InChI=1S/C16H19NO3/c1-11(13-5-3-4-6-16(13)20-2)17-10-12-7-8-14(18)15(19)9-12/h3-9,11,17-19H,10H2,1-2H3/t11-/m1/s1. The van der Waals surface area contributed by atoms with Gasteiger partial charge in [-0.2, -0.15) is 0 Å². The zero-order valence-electron chi connectivity index (χ0n) is 11.6. The molecule has 0 aromatic heterocycles. The van der Waals surface area contributed by atoms with E-state index in [0.29, 0.717) is 6.54 Å². The number of para-hydroxylation sites is 1. The maximum atomic E-state index is 9.47. The van der Waals surface area contributed by atoms with Gasteiger partial charge in [-0.1, -0.05) is 24.3 Å². The van der Waals surface area contributed by atoms with Crippen LogP contribution in [0.2, 0.25) is 0 Å². The van der Waals surface area contributed by atoms with E-state index >= 15 is 0 Å². The average Bonchev–Trinajstić information content (AvgIpc) is 2.48. The number of methoxy groups -OCH3 is 1. The van der Waals surface area contributed by atoms with Crippen molar-refractivity contribution in [3.63, 3.8) is 0 Å². The number of phenols is 2. The SMILES string of the molecule is COc1ccccc1[C@@H](C)NCc1ccc(O)c(O)c1. The van der Waals surface area contributed by atoms with E-state index in [1.54, 1.807) is 19.2 Å². The molecule has 0 aliphatic carbocycles. The Labute approximate surface area is 118 Å². The Morgan fingerprint density at radius 2 is 1.85 bits per heavy atom. The molecule has 4 nitrogen and oxygen atoms in total. The van der Waals surface area contributed by atoms with Crippen molar-refractivity contribution >= 4 is 0 Å². The quantitative estimate of drug-likeness (QED) is 0.733. The number of aromatic hydroxyl groups is 2. The molecular formula is C16H19NO3. The van der Waals surface area contributed by atoms with Gasteiger partial charge in [0.05, 0.1) is 7.11 Å². The second kappa shape index (κ2) is 6.30. The molecule has 0 unspecified atom stereocenters. The molecule has 0 aliphatic heterocycles. The molecule has 2 aromatic rings. The Morgan fingerprint density at radius 3 is 2.55 bits per heavy atom. The molecule has 20 heavy (non-hydrogen) atoms. The highest BCUT2D eigenvalue weighted by atomic mass is 16.5. The normalized spacial score (nSPS) is 12.1. The summed E-state index contributed by atoms with van der Waals surface area (Å²) in [6, 6.07) is 12.8. The van der Waals surface area contributed by atoms with Gasteiger partial charge in [0.1, 0.15) is 5.75 Å². The molecule has 2 aromatic carbocycles. The molecule has 2 rings (SSSR count). The van der Waals surface area contributed by atoms with Crippen molar-refractivity contribution in [1.29, 1.82) is 0 Å². The van der Waals surface area contributed by atoms with Gasteiger partial charge in [0.2, 0.25) is 0 Å². The third-order valence-electron chi connectivity index (χ3n) is 3.26. The summed E-state index contributed by atoms with van der Waals surface area (Å²) in [7, 11) is 1.66. The predicted molar refractivity (Wildman–Crippen MR) is 78.0 cm³/mol. The zero-order chi connectivity index (χ0) is 14.5. The molecule has 0 saturated heterocycles. The van der Waals surface area contributed by atoms with Crippen molar-refractivity contribution in [3.8, 4) is 17.2 Å². The largest absolute Gasteiger partial charge is 0.504 e. The van der Waals surface area contributed by atoms with Crippen LogP contribution in [-0.2, 0) is 6.54 Å². The molecule has 0 saturated carbocycles. The predicted octanol–water partition coefficient (Wildman–Crippen LogP) is 2.96. The van der Waals surface area contributed by atoms with E-state index in [-0.39, 0.29) is 17.5 Å². The summed E-state index contributed by atoms with van der Waals surface area (Å²) in [5, 5.41) is 22.1. The fourth-order valence-electron chi connectivity index (χ4n) is 2.08. The molecule has 0 fully saturated rings. The first kappa shape index (κ1) is 14.2. The number of benzene rings is 2. The maximum absolute atomic E-state index is 9.47. The van der Waals surface area contributed by atoms with Crippen LogP contribution in [0, 0.1) is 0 Å². The highest BCUT2D eigenvalue weighted by Crippen LogP contribution is 2.27. The van der Waals surface area contributed by atoms with Crippen LogP contribution in [0.25, 0.3) is 0 Å². The van der Waals surface area contributed by atoms with Crippen LogP contribution >= 0.6 is 0 Å². The first-order valence-corrected chi connectivity index (χ1v) is 6.49. The van der Waals surface area contributed by atoms with E-state index in [1.165, 1.54) is 6.07 Å². The van der Waals surface area contributed by atoms with Crippen molar-refractivity contribution in [3.05, 3.63) is 53.6 Å². The first-order valence-electron chi connectivity index (χ1n) is 6.49. The third kappa shape index (κ3) is 3.22. The van der Waals surface area contributed by atoms with Crippen LogP contribution in [-0.4, -0.2) is 17.3 Å². The monoisotopic (exact) mass is 273 g/mol. The van der Waals surface area contributed by atoms with Crippen molar-refractivity contribution in [2.75, 3.05) is 7.11 Å². The van der Waals surface area contributed by atoms with Crippen molar-refractivity contribution < 1.29 is 14.9 Å². The second-order valence-corrected chi connectivity index (χ2v) is 4.67.